The van der Waals surface area contributed by atoms with Gasteiger partial charge in [0.25, 0.3) is 0 Å². The van der Waals surface area contributed by atoms with Gasteiger partial charge in [-0.25, -0.2) is 4.99 Å². The SMILES string of the molecule is N#CC1=NC(O)=CC(=O)C1O. The van der Waals surface area contributed by atoms with Crippen LogP contribution in [-0.2, 0) is 4.79 Å². The van der Waals surface area contributed by atoms with Gasteiger partial charge in [0.1, 0.15) is 6.07 Å². The monoisotopic (exact) mass is 152 g/mol. The van der Waals surface area contributed by atoms with Crippen molar-refractivity contribution in [2.45, 2.75) is 6.10 Å². The molecule has 1 aliphatic rings. The number of aliphatic imine (C=N–C) groups is 1. The highest BCUT2D eigenvalue weighted by Crippen LogP contribution is 2.05. The molecule has 0 saturated carbocycles. The fourth-order valence-electron chi connectivity index (χ4n) is 0.644. The van der Waals surface area contributed by atoms with Gasteiger partial charge in [-0.1, -0.05) is 0 Å². The van der Waals surface area contributed by atoms with E-state index in [1.54, 1.807) is 0 Å². The van der Waals surface area contributed by atoms with Crippen LogP contribution in [0.3, 0.4) is 0 Å². The first kappa shape index (κ1) is 7.44. The lowest BCUT2D eigenvalue weighted by Gasteiger charge is -2.07. The highest BCUT2D eigenvalue weighted by molar-refractivity contribution is 6.19. The molecule has 0 aromatic carbocycles. The van der Waals surface area contributed by atoms with E-state index in [4.69, 9.17) is 15.5 Å². The van der Waals surface area contributed by atoms with Gasteiger partial charge < -0.3 is 10.2 Å². The van der Waals surface area contributed by atoms with Crippen LogP contribution in [-0.4, -0.2) is 27.8 Å². The smallest absolute Gasteiger partial charge is 0.215 e. The molecule has 0 saturated heterocycles. The summed E-state index contributed by atoms with van der Waals surface area (Å²) in [4.78, 5) is 13.9. The maximum atomic E-state index is 10.7. The van der Waals surface area contributed by atoms with Gasteiger partial charge in [0, 0.05) is 6.08 Å². The van der Waals surface area contributed by atoms with Crippen molar-refractivity contribution in [3.63, 3.8) is 0 Å². The summed E-state index contributed by atoms with van der Waals surface area (Å²) >= 11 is 0. The second-order valence-electron chi connectivity index (χ2n) is 1.92. The van der Waals surface area contributed by atoms with Crippen molar-refractivity contribution in [2.75, 3.05) is 0 Å². The van der Waals surface area contributed by atoms with Crippen LogP contribution in [0.2, 0.25) is 0 Å². The largest absolute Gasteiger partial charge is 0.493 e. The van der Waals surface area contributed by atoms with E-state index < -0.39 is 17.8 Å². The summed E-state index contributed by atoms with van der Waals surface area (Å²) in [5.74, 6) is -1.27. The third kappa shape index (κ3) is 1.25. The van der Waals surface area contributed by atoms with Gasteiger partial charge in [-0.05, 0) is 0 Å². The highest BCUT2D eigenvalue weighted by Gasteiger charge is 2.24. The van der Waals surface area contributed by atoms with Gasteiger partial charge in [0.2, 0.25) is 5.88 Å². The average molecular weight is 152 g/mol. The number of nitrogens with zero attached hydrogens (tertiary/aromatic N) is 2. The molecule has 0 bridgehead atoms. The Hall–Kier alpha value is -1.67. The van der Waals surface area contributed by atoms with E-state index in [9.17, 15) is 4.79 Å². The predicted octanol–water partition coefficient (Wildman–Crippen LogP) is -0.706. The summed E-state index contributed by atoms with van der Waals surface area (Å²) in [6, 6.07) is 1.49. The Labute approximate surface area is 61.9 Å². The summed E-state index contributed by atoms with van der Waals surface area (Å²) in [5.41, 5.74) is -0.380. The summed E-state index contributed by atoms with van der Waals surface area (Å²) < 4.78 is 0. The Kier molecular flexibility index (Phi) is 1.70. The molecule has 1 aliphatic heterocycles. The van der Waals surface area contributed by atoms with E-state index in [2.05, 4.69) is 4.99 Å². The minimum atomic E-state index is -1.52. The first-order chi connectivity index (χ1) is 5.15. The van der Waals surface area contributed by atoms with Crippen molar-refractivity contribution in [1.29, 1.82) is 5.26 Å². The lowest BCUT2D eigenvalue weighted by atomic mass is 10.1. The van der Waals surface area contributed by atoms with E-state index in [1.165, 1.54) is 6.07 Å². The molecule has 11 heavy (non-hydrogen) atoms. The third-order valence-corrected chi connectivity index (χ3v) is 1.15. The molecule has 5 nitrogen and oxygen atoms in total. The molecular weight excluding hydrogens is 148 g/mol. The molecule has 56 valence electrons. The number of ketones is 1. The molecule has 0 aliphatic carbocycles. The van der Waals surface area contributed by atoms with Crippen LogP contribution in [0.25, 0.3) is 0 Å². The number of hydrogen-bond acceptors (Lipinski definition) is 5. The minimum Gasteiger partial charge on any atom is -0.493 e. The molecule has 5 heteroatoms. The molecule has 1 heterocycles. The Morgan fingerprint density at radius 3 is 2.91 bits per heavy atom. The second-order valence-corrected chi connectivity index (χ2v) is 1.92. The van der Waals surface area contributed by atoms with Crippen molar-refractivity contribution in [1.82, 2.24) is 0 Å². The van der Waals surface area contributed by atoms with Gasteiger partial charge in [0.15, 0.2) is 17.6 Å². The molecular formula is C6H4N2O3. The van der Waals surface area contributed by atoms with Gasteiger partial charge in [-0.3, -0.25) is 4.79 Å². The maximum Gasteiger partial charge on any atom is 0.215 e. The van der Waals surface area contributed by atoms with Gasteiger partial charge in [-0.15, -0.1) is 0 Å². The Morgan fingerprint density at radius 2 is 2.36 bits per heavy atom. The van der Waals surface area contributed by atoms with E-state index in [0.717, 1.165) is 6.08 Å². The summed E-state index contributed by atoms with van der Waals surface area (Å²) in [5, 5.41) is 25.9. The topological polar surface area (TPSA) is 93.7 Å². The van der Waals surface area contributed by atoms with E-state index >= 15 is 0 Å². The minimum absolute atomic E-state index is 0.380. The van der Waals surface area contributed by atoms with Crippen LogP contribution in [0.4, 0.5) is 0 Å². The molecule has 0 radical (unpaired) electrons. The average Bonchev–Trinajstić information content (AvgIpc) is 1.96. The Balaban J connectivity index is 3.05. The number of nitriles is 1. The lowest BCUT2D eigenvalue weighted by molar-refractivity contribution is -0.119. The van der Waals surface area contributed by atoms with E-state index in [-0.39, 0.29) is 5.71 Å². The van der Waals surface area contributed by atoms with Crippen LogP contribution >= 0.6 is 0 Å². The molecule has 1 rings (SSSR count). The predicted molar refractivity (Wildman–Crippen MR) is 34.8 cm³/mol. The first-order valence-electron chi connectivity index (χ1n) is 2.76. The standard InChI is InChI=1S/C6H4N2O3/c7-2-3-6(11)4(9)1-5(10)8-3/h1,6,10-11H. The van der Waals surface area contributed by atoms with Crippen LogP contribution in [0.15, 0.2) is 17.0 Å². The van der Waals surface area contributed by atoms with Crippen molar-refractivity contribution < 1.29 is 15.0 Å². The summed E-state index contributed by atoms with van der Waals surface area (Å²) in [6.45, 7) is 0. The van der Waals surface area contributed by atoms with E-state index in [1.807, 2.05) is 0 Å². The molecule has 1 unspecified atom stereocenters. The summed E-state index contributed by atoms with van der Waals surface area (Å²) in [7, 11) is 0. The van der Waals surface area contributed by atoms with Gasteiger partial charge in [0.05, 0.1) is 0 Å². The Bertz CT molecular complexity index is 297. The fourth-order valence-corrected chi connectivity index (χ4v) is 0.644. The molecule has 0 fully saturated rings. The van der Waals surface area contributed by atoms with Crippen LogP contribution in [0.1, 0.15) is 0 Å². The molecule has 0 spiro atoms. The molecule has 0 aromatic heterocycles. The zero-order chi connectivity index (χ0) is 8.43. The Morgan fingerprint density at radius 1 is 1.73 bits per heavy atom. The number of carbonyl (C=O) groups excluding carboxylic acids is 1. The normalized spacial score (nSPS) is 23.6. The highest BCUT2D eigenvalue weighted by atomic mass is 16.3. The van der Waals surface area contributed by atoms with Gasteiger partial charge >= 0.3 is 0 Å². The first-order valence-corrected chi connectivity index (χ1v) is 2.76. The third-order valence-electron chi connectivity index (χ3n) is 1.15. The second kappa shape index (κ2) is 2.52. The van der Waals surface area contributed by atoms with Crippen molar-refractivity contribution >= 4 is 11.5 Å². The van der Waals surface area contributed by atoms with Crippen molar-refractivity contribution in [3.8, 4) is 6.07 Å². The van der Waals surface area contributed by atoms with Crippen molar-refractivity contribution in [3.05, 3.63) is 12.0 Å². The van der Waals surface area contributed by atoms with Crippen molar-refractivity contribution in [2.24, 2.45) is 4.99 Å². The van der Waals surface area contributed by atoms with Gasteiger partial charge in [-0.2, -0.15) is 5.26 Å². The van der Waals surface area contributed by atoms with Crippen LogP contribution in [0, 0.1) is 11.3 Å². The molecule has 0 amide bonds. The molecule has 2 N–H and O–H groups in total. The fraction of sp³-hybridized carbons (Fsp3) is 0.167. The number of hydrogen-bond donors (Lipinski definition) is 2. The number of carbonyl (C=O) groups is 1. The zero-order valence-electron chi connectivity index (χ0n) is 5.35. The number of rotatable bonds is 0. The lowest BCUT2D eigenvalue weighted by Crippen LogP contribution is -2.30. The zero-order valence-corrected chi connectivity index (χ0v) is 5.35. The number of aliphatic hydroxyl groups excluding tert-OH is 2. The summed E-state index contributed by atoms with van der Waals surface area (Å²) in [6.07, 6.45) is -0.748. The molecule has 1 atom stereocenters. The van der Waals surface area contributed by atoms with E-state index in [0.29, 0.717) is 0 Å². The number of aliphatic hydroxyl groups is 2. The van der Waals surface area contributed by atoms with Crippen LogP contribution in [0.5, 0.6) is 0 Å². The quantitative estimate of drug-likeness (QED) is 0.479. The maximum absolute atomic E-state index is 10.7. The van der Waals surface area contributed by atoms with Crippen LogP contribution < -0.4 is 0 Å². The molecule has 0 aromatic rings.